The van der Waals surface area contributed by atoms with E-state index in [1.54, 1.807) is 0 Å². The highest BCUT2D eigenvalue weighted by molar-refractivity contribution is 5.77. The predicted molar refractivity (Wildman–Crippen MR) is 119 cm³/mol. The third-order valence-corrected chi connectivity index (χ3v) is 6.72. The largest absolute Gasteiger partial charge is 0.341 e. The topological polar surface area (TPSA) is 73.0 Å². The molecule has 0 bridgehead atoms. The smallest absolute Gasteiger partial charge is 0.282 e. The average Bonchev–Trinajstić information content (AvgIpc) is 2.98. The van der Waals surface area contributed by atoms with Crippen molar-refractivity contribution in [2.45, 2.75) is 58.0 Å². The molecule has 0 saturated carbocycles. The quantitative estimate of drug-likeness (QED) is 0.652. The summed E-state index contributed by atoms with van der Waals surface area (Å²) in [4.78, 5) is 36.8. The van der Waals surface area contributed by atoms with Crippen LogP contribution in [-0.2, 0) is 30.7 Å². The molecule has 2 aromatic heterocycles. The Bertz CT molecular complexity index is 1130. The number of imidazole rings is 1. The van der Waals surface area contributed by atoms with Crippen LogP contribution in [0.1, 0.15) is 43.5 Å². The molecular weight excluding hydrogens is 390 g/mol. The number of carbonyl (C=O) groups is 1. The lowest BCUT2D eigenvalue weighted by molar-refractivity contribution is -0.133. The normalized spacial score (nSPS) is 17.5. The van der Waals surface area contributed by atoms with Crippen LogP contribution in [-0.4, -0.2) is 43.0 Å². The molecule has 0 aliphatic carbocycles. The third-order valence-electron chi connectivity index (χ3n) is 6.72. The maximum absolute atomic E-state index is 13.0. The molecule has 3 aromatic rings. The second-order valence-electron chi connectivity index (χ2n) is 8.85. The fourth-order valence-electron chi connectivity index (χ4n) is 4.92. The van der Waals surface area contributed by atoms with Gasteiger partial charge in [0.2, 0.25) is 5.91 Å². The molecule has 0 unspecified atom stereocenters. The molecule has 2 aliphatic heterocycles. The zero-order chi connectivity index (χ0) is 21.2. The summed E-state index contributed by atoms with van der Waals surface area (Å²) in [6, 6.07) is 10.5. The van der Waals surface area contributed by atoms with Crippen LogP contribution in [0.15, 0.2) is 41.5 Å². The number of aryl methyl sites for hydroxylation is 2. The molecule has 0 radical (unpaired) electrons. The van der Waals surface area contributed by atoms with Crippen molar-refractivity contribution in [3.05, 3.63) is 58.4 Å². The van der Waals surface area contributed by atoms with Gasteiger partial charge >= 0.3 is 0 Å². The molecule has 1 amide bonds. The molecule has 0 N–H and O–H groups in total. The van der Waals surface area contributed by atoms with Gasteiger partial charge in [-0.3, -0.25) is 14.2 Å². The van der Waals surface area contributed by atoms with Crippen molar-refractivity contribution in [2.24, 2.45) is 5.92 Å². The molecule has 5 rings (SSSR count). The third kappa shape index (κ3) is 4.13. The minimum absolute atomic E-state index is 0.0119. The van der Waals surface area contributed by atoms with Crippen LogP contribution in [0.2, 0.25) is 0 Å². The van der Waals surface area contributed by atoms with Gasteiger partial charge in [-0.1, -0.05) is 36.8 Å². The van der Waals surface area contributed by atoms with Gasteiger partial charge in [-0.05, 0) is 43.6 Å². The molecule has 4 heterocycles. The Morgan fingerprint density at radius 3 is 2.65 bits per heavy atom. The predicted octanol–water partition coefficient (Wildman–Crippen LogP) is 2.80. The molecule has 1 saturated heterocycles. The van der Waals surface area contributed by atoms with Crippen LogP contribution in [0.3, 0.4) is 0 Å². The molecule has 1 fully saturated rings. The number of hydrogen-bond donors (Lipinski definition) is 0. The van der Waals surface area contributed by atoms with Gasteiger partial charge in [0.1, 0.15) is 18.7 Å². The van der Waals surface area contributed by atoms with E-state index < -0.39 is 0 Å². The Kier molecular flexibility index (Phi) is 5.57. The van der Waals surface area contributed by atoms with Crippen LogP contribution in [0.4, 0.5) is 0 Å². The fraction of sp³-hybridized carbons (Fsp3) is 0.500. The summed E-state index contributed by atoms with van der Waals surface area (Å²) < 4.78 is 3.50. The maximum Gasteiger partial charge on any atom is 0.282 e. The van der Waals surface area contributed by atoms with Gasteiger partial charge < -0.3 is 9.47 Å². The highest BCUT2D eigenvalue weighted by Crippen LogP contribution is 2.22. The molecule has 7 heteroatoms. The van der Waals surface area contributed by atoms with Crippen LogP contribution >= 0.6 is 0 Å². The van der Waals surface area contributed by atoms with E-state index in [4.69, 9.17) is 0 Å². The minimum Gasteiger partial charge on any atom is -0.341 e. The van der Waals surface area contributed by atoms with E-state index in [2.05, 4.69) is 38.8 Å². The van der Waals surface area contributed by atoms with Crippen molar-refractivity contribution in [3.63, 3.8) is 0 Å². The molecule has 1 aromatic carbocycles. The Balaban J connectivity index is 1.24. The lowest BCUT2D eigenvalue weighted by Gasteiger charge is -2.32. The van der Waals surface area contributed by atoms with Gasteiger partial charge in [-0.2, -0.15) is 0 Å². The zero-order valence-electron chi connectivity index (χ0n) is 17.9. The lowest BCUT2D eigenvalue weighted by atomic mass is 9.90. The van der Waals surface area contributed by atoms with Gasteiger partial charge in [0.05, 0.1) is 0 Å². The van der Waals surface area contributed by atoms with Crippen LogP contribution in [0.25, 0.3) is 11.2 Å². The van der Waals surface area contributed by atoms with Crippen molar-refractivity contribution < 1.29 is 4.79 Å². The Labute approximate surface area is 181 Å². The van der Waals surface area contributed by atoms with Crippen LogP contribution in [0.5, 0.6) is 0 Å². The van der Waals surface area contributed by atoms with Gasteiger partial charge in [-0.15, -0.1) is 0 Å². The number of benzene rings is 1. The van der Waals surface area contributed by atoms with E-state index in [1.807, 2.05) is 11.0 Å². The Hall–Kier alpha value is -2.96. The van der Waals surface area contributed by atoms with Gasteiger partial charge in [0, 0.05) is 26.1 Å². The molecule has 162 valence electrons. The summed E-state index contributed by atoms with van der Waals surface area (Å²) in [5, 5.41) is 0. The van der Waals surface area contributed by atoms with E-state index in [0.717, 1.165) is 64.0 Å². The van der Waals surface area contributed by atoms with E-state index in [1.165, 1.54) is 22.9 Å². The molecule has 31 heavy (non-hydrogen) atoms. The number of nitrogens with zero attached hydrogens (tertiary/aromatic N) is 5. The summed E-state index contributed by atoms with van der Waals surface area (Å²) in [5.74, 6) is 1.54. The van der Waals surface area contributed by atoms with E-state index >= 15 is 0 Å². The van der Waals surface area contributed by atoms with E-state index in [-0.39, 0.29) is 18.0 Å². The molecule has 2 aliphatic rings. The van der Waals surface area contributed by atoms with E-state index in [9.17, 15) is 9.59 Å². The van der Waals surface area contributed by atoms with Gasteiger partial charge in [-0.25, -0.2) is 9.97 Å². The molecular formula is C24H29N5O2. The second-order valence-corrected chi connectivity index (χ2v) is 8.85. The number of fused-ring (bicyclic) bond motifs is 3. The number of carbonyl (C=O) groups excluding carboxylic acids is 1. The molecule has 7 nitrogen and oxygen atoms in total. The van der Waals surface area contributed by atoms with Crippen molar-refractivity contribution in [1.82, 2.24) is 24.0 Å². The zero-order valence-corrected chi connectivity index (χ0v) is 17.9. The van der Waals surface area contributed by atoms with Crippen molar-refractivity contribution in [1.29, 1.82) is 0 Å². The summed E-state index contributed by atoms with van der Waals surface area (Å²) >= 11 is 0. The fourth-order valence-corrected chi connectivity index (χ4v) is 4.92. The van der Waals surface area contributed by atoms with Crippen LogP contribution < -0.4 is 5.56 Å². The first-order valence-electron chi connectivity index (χ1n) is 11.5. The SMILES string of the molecule is O=C(Cn1cnc2c(nc3n2CCCCC3)c1=O)N1CCC(Cc2ccccc2)CC1. The van der Waals surface area contributed by atoms with Crippen LogP contribution in [0, 0.1) is 5.92 Å². The monoisotopic (exact) mass is 419 g/mol. The maximum atomic E-state index is 13.0. The summed E-state index contributed by atoms with van der Waals surface area (Å²) in [6.45, 7) is 2.39. The first-order chi connectivity index (χ1) is 15.2. The standard InChI is InChI=1S/C24H29N5O2/c30-21(27-13-10-19(11-14-27)15-18-7-3-1-4-8-18)16-28-17-25-23-22(24(28)31)26-20-9-5-2-6-12-29(20)23/h1,3-4,7-8,17,19H,2,5-6,9-16H2. The van der Waals surface area contributed by atoms with Crippen molar-refractivity contribution in [2.75, 3.05) is 13.1 Å². The van der Waals surface area contributed by atoms with Gasteiger partial charge in [0.25, 0.3) is 5.56 Å². The first kappa shape index (κ1) is 20.0. The Morgan fingerprint density at radius 2 is 1.84 bits per heavy atom. The summed E-state index contributed by atoms with van der Waals surface area (Å²) in [5.41, 5.74) is 2.20. The summed E-state index contributed by atoms with van der Waals surface area (Å²) in [6.07, 6.45) is 8.82. The van der Waals surface area contributed by atoms with Crippen molar-refractivity contribution >= 4 is 17.1 Å². The minimum atomic E-state index is -0.210. The number of amides is 1. The molecule has 0 atom stereocenters. The number of aromatic nitrogens is 4. The highest BCUT2D eigenvalue weighted by Gasteiger charge is 2.24. The number of rotatable bonds is 4. The highest BCUT2D eigenvalue weighted by atomic mass is 16.2. The van der Waals surface area contributed by atoms with E-state index in [0.29, 0.717) is 17.1 Å². The number of piperidine rings is 1. The van der Waals surface area contributed by atoms with Gasteiger partial charge in [0.15, 0.2) is 11.2 Å². The number of likely N-dealkylation sites (tertiary alicyclic amines) is 1. The summed E-state index contributed by atoms with van der Waals surface area (Å²) in [7, 11) is 0. The Morgan fingerprint density at radius 1 is 1.03 bits per heavy atom. The lowest BCUT2D eigenvalue weighted by Crippen LogP contribution is -2.42. The average molecular weight is 420 g/mol. The molecule has 0 spiro atoms. The van der Waals surface area contributed by atoms with Crippen molar-refractivity contribution in [3.8, 4) is 0 Å². The first-order valence-corrected chi connectivity index (χ1v) is 11.5. The number of hydrogen-bond acceptors (Lipinski definition) is 4. The second kappa shape index (κ2) is 8.65.